The number of likely N-dealkylation sites (tertiary alicyclic amines) is 1. The second kappa shape index (κ2) is 10.1. The van der Waals surface area contributed by atoms with Crippen molar-refractivity contribution in [2.24, 2.45) is 5.73 Å². The standard InChI is InChI=1S/C25H31N3O4/c1-28-11-8-19(9-12-28)27-10-13-31-20-4-5-21-17(14-20)2-6-23-25(21)22(16-32-23)18(15-29)3-7-24(26)30/h2,4-6,14-16,18-19,27H,3,7-13H2,1H3,(H2,26,30). The average Bonchev–Trinajstić information content (AvgIpc) is 3.22. The highest BCUT2D eigenvalue weighted by molar-refractivity contribution is 6.08. The van der Waals surface area contributed by atoms with Crippen molar-refractivity contribution in [3.63, 3.8) is 0 Å². The number of benzene rings is 2. The van der Waals surface area contributed by atoms with E-state index < -0.39 is 11.8 Å². The number of rotatable bonds is 10. The number of nitrogens with one attached hydrogen (secondary N) is 1. The van der Waals surface area contributed by atoms with Gasteiger partial charge in [0.15, 0.2) is 0 Å². The van der Waals surface area contributed by atoms with E-state index in [1.54, 1.807) is 6.26 Å². The Bertz CT molecular complexity index is 1090. The Morgan fingerprint density at radius 1 is 1.31 bits per heavy atom. The molecule has 1 aliphatic heterocycles. The largest absolute Gasteiger partial charge is 0.492 e. The van der Waals surface area contributed by atoms with E-state index in [0.29, 0.717) is 19.1 Å². The molecule has 1 fully saturated rings. The van der Waals surface area contributed by atoms with Gasteiger partial charge in [-0.1, -0.05) is 6.07 Å². The van der Waals surface area contributed by atoms with Gasteiger partial charge in [-0.15, -0.1) is 0 Å². The van der Waals surface area contributed by atoms with Crippen molar-refractivity contribution in [1.29, 1.82) is 0 Å². The number of aldehydes is 1. The van der Waals surface area contributed by atoms with Crippen LogP contribution in [0.5, 0.6) is 5.75 Å². The van der Waals surface area contributed by atoms with Gasteiger partial charge in [-0.25, -0.2) is 0 Å². The molecule has 0 bridgehead atoms. The van der Waals surface area contributed by atoms with Crippen molar-refractivity contribution in [3.05, 3.63) is 42.2 Å². The molecule has 0 spiro atoms. The molecule has 0 aliphatic carbocycles. The van der Waals surface area contributed by atoms with Crippen molar-refractivity contribution in [2.45, 2.75) is 37.6 Å². The minimum Gasteiger partial charge on any atom is -0.492 e. The summed E-state index contributed by atoms with van der Waals surface area (Å²) < 4.78 is 11.7. The van der Waals surface area contributed by atoms with Crippen molar-refractivity contribution < 1.29 is 18.7 Å². The lowest BCUT2D eigenvalue weighted by Gasteiger charge is -2.29. The zero-order valence-corrected chi connectivity index (χ0v) is 18.5. The lowest BCUT2D eigenvalue weighted by atomic mass is 9.92. The highest BCUT2D eigenvalue weighted by atomic mass is 16.5. The molecule has 2 aromatic carbocycles. The summed E-state index contributed by atoms with van der Waals surface area (Å²) in [5.74, 6) is -0.0368. The maximum atomic E-state index is 11.7. The molecule has 2 heterocycles. The van der Waals surface area contributed by atoms with Gasteiger partial charge in [0, 0.05) is 35.9 Å². The number of carbonyl (C=O) groups excluding carboxylic acids is 2. The second-order valence-electron chi connectivity index (χ2n) is 8.64. The summed E-state index contributed by atoms with van der Waals surface area (Å²) in [6.07, 6.45) is 5.36. The lowest BCUT2D eigenvalue weighted by molar-refractivity contribution is -0.118. The number of fused-ring (bicyclic) bond motifs is 3. The van der Waals surface area contributed by atoms with Gasteiger partial charge >= 0.3 is 0 Å². The average molecular weight is 438 g/mol. The topological polar surface area (TPSA) is 97.8 Å². The van der Waals surface area contributed by atoms with Gasteiger partial charge in [-0.05, 0) is 74.4 Å². The molecule has 7 heteroatoms. The van der Waals surface area contributed by atoms with E-state index in [1.165, 1.54) is 12.8 Å². The first-order valence-electron chi connectivity index (χ1n) is 11.3. The molecular formula is C25H31N3O4. The summed E-state index contributed by atoms with van der Waals surface area (Å²) in [5, 5.41) is 6.50. The summed E-state index contributed by atoms with van der Waals surface area (Å²) in [4.78, 5) is 25.2. The van der Waals surface area contributed by atoms with E-state index >= 15 is 0 Å². The first-order chi connectivity index (χ1) is 15.5. The van der Waals surface area contributed by atoms with Crippen LogP contribution in [0, 0.1) is 0 Å². The van der Waals surface area contributed by atoms with Gasteiger partial charge in [0.1, 0.15) is 24.2 Å². The Balaban J connectivity index is 1.45. The van der Waals surface area contributed by atoms with E-state index in [2.05, 4.69) is 17.3 Å². The number of furan rings is 1. The van der Waals surface area contributed by atoms with Crippen LogP contribution in [0.2, 0.25) is 0 Å². The summed E-state index contributed by atoms with van der Waals surface area (Å²) in [5.41, 5.74) is 6.77. The number of hydrogen-bond donors (Lipinski definition) is 2. The zero-order chi connectivity index (χ0) is 22.5. The van der Waals surface area contributed by atoms with Crippen LogP contribution in [0.25, 0.3) is 21.7 Å². The number of ether oxygens (including phenoxy) is 1. The van der Waals surface area contributed by atoms with Crippen molar-refractivity contribution >= 4 is 33.9 Å². The Labute approximate surface area is 187 Å². The van der Waals surface area contributed by atoms with Crippen LogP contribution in [0.1, 0.15) is 37.2 Å². The second-order valence-corrected chi connectivity index (χ2v) is 8.64. The van der Waals surface area contributed by atoms with Gasteiger partial charge in [-0.2, -0.15) is 0 Å². The minimum atomic E-state index is -0.434. The molecule has 1 atom stereocenters. The van der Waals surface area contributed by atoms with Crippen LogP contribution in [0.4, 0.5) is 0 Å². The van der Waals surface area contributed by atoms with Crippen LogP contribution < -0.4 is 15.8 Å². The minimum absolute atomic E-state index is 0.157. The van der Waals surface area contributed by atoms with E-state index in [9.17, 15) is 9.59 Å². The highest BCUT2D eigenvalue weighted by Crippen LogP contribution is 2.36. The van der Waals surface area contributed by atoms with Crippen molar-refractivity contribution in [3.8, 4) is 5.75 Å². The summed E-state index contributed by atoms with van der Waals surface area (Å²) in [6.45, 7) is 3.71. The monoisotopic (exact) mass is 437 g/mol. The third-order valence-electron chi connectivity index (χ3n) is 6.34. The number of carbonyl (C=O) groups is 2. The molecule has 0 radical (unpaired) electrons. The Morgan fingerprint density at radius 3 is 2.88 bits per heavy atom. The van der Waals surface area contributed by atoms with Gasteiger partial charge < -0.3 is 29.9 Å². The van der Waals surface area contributed by atoms with Gasteiger partial charge in [-0.3, -0.25) is 4.79 Å². The number of nitrogens with zero attached hydrogens (tertiary/aromatic N) is 1. The van der Waals surface area contributed by atoms with E-state index in [0.717, 1.165) is 59.0 Å². The maximum Gasteiger partial charge on any atom is 0.217 e. The lowest BCUT2D eigenvalue weighted by Crippen LogP contribution is -2.42. The molecule has 7 nitrogen and oxygen atoms in total. The molecule has 1 saturated heterocycles. The van der Waals surface area contributed by atoms with Crippen LogP contribution in [-0.4, -0.2) is 56.4 Å². The molecule has 170 valence electrons. The van der Waals surface area contributed by atoms with Crippen molar-refractivity contribution in [1.82, 2.24) is 10.2 Å². The number of hydrogen-bond acceptors (Lipinski definition) is 6. The van der Waals surface area contributed by atoms with Crippen molar-refractivity contribution in [2.75, 3.05) is 33.3 Å². The summed E-state index contributed by atoms with van der Waals surface area (Å²) >= 11 is 0. The molecule has 3 aromatic rings. The van der Waals surface area contributed by atoms with E-state index in [-0.39, 0.29) is 6.42 Å². The quantitative estimate of drug-likeness (QED) is 0.373. The third kappa shape index (κ3) is 5.11. The van der Waals surface area contributed by atoms with Gasteiger partial charge in [0.25, 0.3) is 0 Å². The van der Waals surface area contributed by atoms with E-state index in [1.807, 2.05) is 30.3 Å². The molecule has 3 N–H and O–H groups in total. The fourth-order valence-corrected chi connectivity index (χ4v) is 4.47. The predicted octanol–water partition coefficient (Wildman–Crippen LogP) is 3.20. The predicted molar refractivity (Wildman–Crippen MR) is 125 cm³/mol. The van der Waals surface area contributed by atoms with Crippen LogP contribution in [0.15, 0.2) is 41.0 Å². The van der Waals surface area contributed by atoms with Crippen LogP contribution in [0.3, 0.4) is 0 Å². The summed E-state index contributed by atoms with van der Waals surface area (Å²) in [6, 6.07) is 10.4. The van der Waals surface area contributed by atoms with Gasteiger partial charge in [0.2, 0.25) is 5.91 Å². The molecule has 4 rings (SSSR count). The number of piperidine rings is 1. The highest BCUT2D eigenvalue weighted by Gasteiger charge is 2.20. The van der Waals surface area contributed by atoms with Gasteiger partial charge in [0.05, 0.1) is 6.26 Å². The maximum absolute atomic E-state index is 11.7. The Kier molecular flexibility index (Phi) is 7.07. The number of amides is 1. The first kappa shape index (κ1) is 22.3. The van der Waals surface area contributed by atoms with Crippen LogP contribution in [-0.2, 0) is 9.59 Å². The third-order valence-corrected chi connectivity index (χ3v) is 6.34. The smallest absolute Gasteiger partial charge is 0.217 e. The summed E-state index contributed by atoms with van der Waals surface area (Å²) in [7, 11) is 2.17. The fourth-order valence-electron chi connectivity index (χ4n) is 4.47. The Hall–Kier alpha value is -2.90. The van der Waals surface area contributed by atoms with Crippen LogP contribution >= 0.6 is 0 Å². The van der Waals surface area contributed by atoms with E-state index in [4.69, 9.17) is 14.9 Å². The first-order valence-corrected chi connectivity index (χ1v) is 11.3. The molecule has 32 heavy (non-hydrogen) atoms. The molecule has 1 aliphatic rings. The molecule has 1 unspecified atom stereocenters. The molecular weight excluding hydrogens is 406 g/mol. The molecule has 1 aromatic heterocycles. The molecule has 1 amide bonds. The molecule has 0 saturated carbocycles. The Morgan fingerprint density at radius 2 is 2.12 bits per heavy atom. The SMILES string of the molecule is CN1CCC(NCCOc2ccc3c(ccc4occ(C(C=O)CCC(N)=O)c43)c2)CC1. The number of nitrogens with two attached hydrogens (primary N) is 1. The zero-order valence-electron chi connectivity index (χ0n) is 18.5. The fraction of sp³-hybridized carbons (Fsp3) is 0.440. The normalized spacial score (nSPS) is 16.4. The number of primary amides is 1.